The third kappa shape index (κ3) is 6.22. The average Bonchev–Trinajstić information content (AvgIpc) is 3.42. The Morgan fingerprint density at radius 2 is 1.77 bits per heavy atom. The highest BCUT2D eigenvalue weighted by atomic mass is 35.5. The van der Waals surface area contributed by atoms with E-state index >= 15 is 0 Å². The first-order valence-corrected chi connectivity index (χ1v) is 11.2. The molecule has 0 fully saturated rings. The molecule has 35 heavy (non-hydrogen) atoms. The van der Waals surface area contributed by atoms with Crippen molar-refractivity contribution in [1.82, 2.24) is 5.32 Å². The van der Waals surface area contributed by atoms with Gasteiger partial charge in [-0.1, -0.05) is 41.9 Å². The van der Waals surface area contributed by atoms with Crippen molar-refractivity contribution in [2.75, 3.05) is 12.4 Å². The van der Waals surface area contributed by atoms with Crippen molar-refractivity contribution in [3.05, 3.63) is 113 Å². The lowest BCUT2D eigenvalue weighted by molar-refractivity contribution is 0.0949. The van der Waals surface area contributed by atoms with E-state index in [1.54, 1.807) is 54.6 Å². The van der Waals surface area contributed by atoms with Gasteiger partial charge in [-0.3, -0.25) is 9.59 Å². The SMILES string of the molecule is COc1cc(C(=O)NCc2cccc(NC(=O)c3ccco3)c2)ccc1OCc1ccccc1Cl. The minimum absolute atomic E-state index is 0.219. The molecular weight excluding hydrogens is 468 g/mol. The molecule has 0 aliphatic carbocycles. The molecule has 1 aromatic heterocycles. The van der Waals surface area contributed by atoms with Gasteiger partial charge in [0.25, 0.3) is 11.8 Å². The molecule has 8 heteroatoms. The molecule has 3 aromatic carbocycles. The van der Waals surface area contributed by atoms with E-state index in [0.29, 0.717) is 27.8 Å². The zero-order valence-electron chi connectivity index (χ0n) is 18.9. The Hall–Kier alpha value is -4.23. The van der Waals surface area contributed by atoms with Gasteiger partial charge in [0.1, 0.15) is 6.61 Å². The Kier molecular flexibility index (Phi) is 7.70. The second-order valence-electron chi connectivity index (χ2n) is 7.56. The van der Waals surface area contributed by atoms with Crippen LogP contribution in [0.25, 0.3) is 0 Å². The van der Waals surface area contributed by atoms with E-state index in [0.717, 1.165) is 11.1 Å². The second kappa shape index (κ2) is 11.3. The fourth-order valence-corrected chi connectivity index (χ4v) is 3.53. The normalized spacial score (nSPS) is 10.5. The molecule has 0 spiro atoms. The number of nitrogens with one attached hydrogen (secondary N) is 2. The highest BCUT2D eigenvalue weighted by Gasteiger charge is 2.13. The molecule has 2 N–H and O–H groups in total. The van der Waals surface area contributed by atoms with E-state index in [1.807, 2.05) is 24.3 Å². The molecule has 0 radical (unpaired) electrons. The summed E-state index contributed by atoms with van der Waals surface area (Å²) in [7, 11) is 1.52. The average molecular weight is 491 g/mol. The number of carbonyl (C=O) groups is 2. The van der Waals surface area contributed by atoms with Gasteiger partial charge in [0, 0.05) is 28.4 Å². The summed E-state index contributed by atoms with van der Waals surface area (Å²) < 4.78 is 16.4. The molecule has 0 aliphatic rings. The van der Waals surface area contributed by atoms with Crippen LogP contribution in [0.5, 0.6) is 11.5 Å². The minimum atomic E-state index is -0.347. The Balaban J connectivity index is 1.36. The first-order valence-electron chi connectivity index (χ1n) is 10.8. The lowest BCUT2D eigenvalue weighted by atomic mass is 10.1. The molecule has 0 saturated carbocycles. The van der Waals surface area contributed by atoms with Gasteiger partial charge in [-0.2, -0.15) is 0 Å². The number of rotatable bonds is 9. The number of hydrogen-bond donors (Lipinski definition) is 2. The smallest absolute Gasteiger partial charge is 0.291 e. The van der Waals surface area contributed by atoms with Gasteiger partial charge in [-0.25, -0.2) is 0 Å². The summed E-state index contributed by atoms with van der Waals surface area (Å²) in [6.07, 6.45) is 1.44. The maximum atomic E-state index is 12.7. The summed E-state index contributed by atoms with van der Waals surface area (Å²) in [6.45, 7) is 0.546. The van der Waals surface area contributed by atoms with Crippen LogP contribution in [0.1, 0.15) is 32.0 Å². The molecular formula is C27H23ClN2O5. The molecule has 0 bridgehead atoms. The quantitative estimate of drug-likeness (QED) is 0.314. The second-order valence-corrected chi connectivity index (χ2v) is 7.97. The van der Waals surface area contributed by atoms with Crippen LogP contribution in [-0.4, -0.2) is 18.9 Å². The summed E-state index contributed by atoms with van der Waals surface area (Å²) in [5.41, 5.74) is 2.69. The maximum absolute atomic E-state index is 12.7. The fourth-order valence-electron chi connectivity index (χ4n) is 3.34. The highest BCUT2D eigenvalue weighted by Crippen LogP contribution is 2.29. The zero-order chi connectivity index (χ0) is 24.6. The van der Waals surface area contributed by atoms with Crippen LogP contribution in [-0.2, 0) is 13.2 Å². The molecule has 0 saturated heterocycles. The van der Waals surface area contributed by atoms with Crippen molar-refractivity contribution in [2.45, 2.75) is 13.2 Å². The van der Waals surface area contributed by atoms with Gasteiger partial charge in [0.15, 0.2) is 17.3 Å². The Morgan fingerprint density at radius 1 is 0.914 bits per heavy atom. The van der Waals surface area contributed by atoms with Gasteiger partial charge in [-0.15, -0.1) is 0 Å². The monoisotopic (exact) mass is 490 g/mol. The van der Waals surface area contributed by atoms with E-state index in [4.69, 9.17) is 25.5 Å². The molecule has 2 amide bonds. The van der Waals surface area contributed by atoms with Gasteiger partial charge >= 0.3 is 0 Å². The fraction of sp³-hybridized carbons (Fsp3) is 0.111. The summed E-state index contributed by atoms with van der Waals surface area (Å²) in [4.78, 5) is 24.9. The first kappa shape index (κ1) is 23.9. The third-order valence-corrected chi connectivity index (χ3v) is 5.52. The number of anilines is 1. The molecule has 0 atom stereocenters. The number of carbonyl (C=O) groups excluding carboxylic acids is 2. The standard InChI is InChI=1S/C27H23ClN2O5/c1-33-25-15-19(11-12-23(25)35-17-20-7-2-3-9-22(20)28)26(31)29-16-18-6-4-8-21(14-18)30-27(32)24-10-5-13-34-24/h2-15H,16-17H2,1H3,(H,29,31)(H,30,32). The minimum Gasteiger partial charge on any atom is -0.493 e. The van der Waals surface area contributed by atoms with Crippen LogP contribution in [0, 0.1) is 0 Å². The highest BCUT2D eigenvalue weighted by molar-refractivity contribution is 6.31. The van der Waals surface area contributed by atoms with Crippen LogP contribution >= 0.6 is 11.6 Å². The van der Waals surface area contributed by atoms with E-state index in [-0.39, 0.29) is 30.7 Å². The Labute approximate surface area is 207 Å². The summed E-state index contributed by atoms with van der Waals surface area (Å²) in [5, 5.41) is 6.26. The van der Waals surface area contributed by atoms with E-state index in [9.17, 15) is 9.59 Å². The van der Waals surface area contributed by atoms with Crippen LogP contribution in [0.4, 0.5) is 5.69 Å². The largest absolute Gasteiger partial charge is 0.493 e. The van der Waals surface area contributed by atoms with Crippen LogP contribution in [0.2, 0.25) is 5.02 Å². The molecule has 4 rings (SSSR count). The molecule has 0 aliphatic heterocycles. The first-order chi connectivity index (χ1) is 17.0. The van der Waals surface area contributed by atoms with Crippen molar-refractivity contribution in [1.29, 1.82) is 0 Å². The van der Waals surface area contributed by atoms with Crippen molar-refractivity contribution in [2.24, 2.45) is 0 Å². The van der Waals surface area contributed by atoms with Gasteiger partial charge in [0.05, 0.1) is 13.4 Å². The lowest BCUT2D eigenvalue weighted by Gasteiger charge is -2.13. The summed E-state index contributed by atoms with van der Waals surface area (Å²) in [6, 6.07) is 22.8. The molecule has 4 aromatic rings. The number of ether oxygens (including phenoxy) is 2. The number of furan rings is 1. The van der Waals surface area contributed by atoms with Crippen molar-refractivity contribution < 1.29 is 23.5 Å². The van der Waals surface area contributed by atoms with Crippen LogP contribution in [0.15, 0.2) is 89.5 Å². The lowest BCUT2D eigenvalue weighted by Crippen LogP contribution is -2.23. The number of halogens is 1. The number of amides is 2. The van der Waals surface area contributed by atoms with Gasteiger partial charge in [0.2, 0.25) is 0 Å². The number of hydrogen-bond acceptors (Lipinski definition) is 5. The van der Waals surface area contributed by atoms with Crippen LogP contribution < -0.4 is 20.1 Å². The van der Waals surface area contributed by atoms with Gasteiger partial charge in [-0.05, 0) is 54.1 Å². The summed E-state index contributed by atoms with van der Waals surface area (Å²) in [5.74, 6) is 0.541. The predicted octanol–water partition coefficient (Wildman–Crippen LogP) is 5.70. The Morgan fingerprint density at radius 3 is 2.54 bits per heavy atom. The van der Waals surface area contributed by atoms with Crippen molar-refractivity contribution in [3.63, 3.8) is 0 Å². The summed E-state index contributed by atoms with van der Waals surface area (Å²) >= 11 is 6.18. The van der Waals surface area contributed by atoms with Crippen molar-refractivity contribution >= 4 is 29.1 Å². The molecule has 1 heterocycles. The number of benzene rings is 3. The number of methoxy groups -OCH3 is 1. The maximum Gasteiger partial charge on any atom is 0.291 e. The van der Waals surface area contributed by atoms with Crippen LogP contribution in [0.3, 0.4) is 0 Å². The zero-order valence-corrected chi connectivity index (χ0v) is 19.7. The third-order valence-electron chi connectivity index (χ3n) is 5.15. The van der Waals surface area contributed by atoms with Gasteiger partial charge < -0.3 is 24.5 Å². The molecule has 7 nitrogen and oxygen atoms in total. The topological polar surface area (TPSA) is 89.8 Å². The molecule has 178 valence electrons. The van der Waals surface area contributed by atoms with Crippen molar-refractivity contribution in [3.8, 4) is 11.5 Å². The van der Waals surface area contributed by atoms with E-state index < -0.39 is 0 Å². The van der Waals surface area contributed by atoms with E-state index in [1.165, 1.54) is 13.4 Å². The predicted molar refractivity (Wildman–Crippen MR) is 133 cm³/mol. The molecule has 0 unspecified atom stereocenters. The van der Waals surface area contributed by atoms with E-state index in [2.05, 4.69) is 10.6 Å². The Bertz CT molecular complexity index is 1320.